The molecule has 0 saturated carbocycles. The van der Waals surface area contributed by atoms with E-state index in [-0.39, 0.29) is 52.7 Å². The van der Waals surface area contributed by atoms with Gasteiger partial charge in [-0.15, -0.1) is 0 Å². The van der Waals surface area contributed by atoms with Crippen LogP contribution in [0.3, 0.4) is 0 Å². The predicted molar refractivity (Wildman–Crippen MR) is 145 cm³/mol. The van der Waals surface area contributed by atoms with E-state index in [2.05, 4.69) is 23.8 Å². The van der Waals surface area contributed by atoms with Crippen molar-refractivity contribution < 1.29 is 47.6 Å². The molecule has 216 valence electrons. The van der Waals surface area contributed by atoms with Gasteiger partial charge in [-0.1, -0.05) is 25.3 Å². The maximum Gasteiger partial charge on any atom is 0.412 e. The van der Waals surface area contributed by atoms with Crippen molar-refractivity contribution in [1.82, 2.24) is 10.6 Å². The minimum absolute atomic E-state index is 0.0887. The summed E-state index contributed by atoms with van der Waals surface area (Å²) in [6.07, 6.45) is -1.33. The minimum Gasteiger partial charge on any atom is -0.460 e. The highest BCUT2D eigenvalue weighted by molar-refractivity contribution is 5.88. The number of fused-ring (bicyclic) bond motifs is 1. The summed E-state index contributed by atoms with van der Waals surface area (Å²) in [4.78, 5) is 46.7. The van der Waals surface area contributed by atoms with Crippen molar-refractivity contribution in [2.45, 2.75) is 13.8 Å². The molecule has 0 aliphatic heterocycles. The molecule has 0 bridgehead atoms. The van der Waals surface area contributed by atoms with Crippen LogP contribution in [0.2, 0.25) is 0 Å². The van der Waals surface area contributed by atoms with Gasteiger partial charge in [-0.2, -0.15) is 0 Å². The summed E-state index contributed by atoms with van der Waals surface area (Å²) >= 11 is 0. The van der Waals surface area contributed by atoms with Gasteiger partial charge >= 0.3 is 24.1 Å². The average Bonchev–Trinajstić information content (AvgIpc) is 2.91. The monoisotopic (exact) mass is 558 g/mol. The Bertz CT molecular complexity index is 1120. The fourth-order valence-electron chi connectivity index (χ4n) is 2.90. The van der Waals surface area contributed by atoms with Crippen LogP contribution in [0, 0.1) is 0 Å². The predicted octanol–water partition coefficient (Wildman–Crippen LogP) is 3.29. The number of hydrogen-bond donors (Lipinski definition) is 2. The fraction of sp³-hybridized carbons (Fsp3) is 0.357. The first-order valence-electron chi connectivity index (χ1n) is 12.4. The number of carbonyl (C=O) groups is 4. The molecule has 2 aromatic rings. The summed E-state index contributed by atoms with van der Waals surface area (Å²) in [7, 11) is 0. The number of hydrogen-bond acceptors (Lipinski definition) is 10. The zero-order valence-corrected chi connectivity index (χ0v) is 22.6. The molecule has 0 aliphatic rings. The standard InChI is InChI=1S/C28H34N2O10/c1-19(2)25(31)37-15-13-35-11-9-29-27(33)39-23-7-5-21-6-8-24(18-22(21)17-23)40-28(34)30-10-12-36-14-16-38-26(32)20(3)4/h5-8,17-18H,1,3,9-16H2,2,4H3,(H,29,33)(H,30,34). The van der Waals surface area contributed by atoms with Gasteiger partial charge in [0.05, 0.1) is 26.4 Å². The highest BCUT2D eigenvalue weighted by Gasteiger charge is 2.09. The maximum atomic E-state index is 12.1. The van der Waals surface area contributed by atoms with Crippen molar-refractivity contribution in [1.29, 1.82) is 0 Å². The smallest absolute Gasteiger partial charge is 0.412 e. The molecule has 0 radical (unpaired) electrons. The van der Waals surface area contributed by atoms with E-state index in [9.17, 15) is 19.2 Å². The Labute approximate surface area is 232 Å². The van der Waals surface area contributed by atoms with Crippen LogP contribution in [-0.4, -0.2) is 76.9 Å². The van der Waals surface area contributed by atoms with Crippen molar-refractivity contribution in [3.05, 3.63) is 60.7 Å². The molecule has 2 amide bonds. The molecule has 0 heterocycles. The van der Waals surface area contributed by atoms with Gasteiger partial charge in [0.15, 0.2) is 0 Å². The number of ether oxygens (including phenoxy) is 6. The lowest BCUT2D eigenvalue weighted by molar-refractivity contribution is -0.141. The number of amides is 2. The Balaban J connectivity index is 1.68. The lowest BCUT2D eigenvalue weighted by atomic mass is 10.1. The molecule has 0 fully saturated rings. The molecule has 0 atom stereocenters. The topological polar surface area (TPSA) is 148 Å². The number of rotatable bonds is 16. The number of carbonyl (C=O) groups excluding carboxylic acids is 4. The molecule has 0 spiro atoms. The van der Waals surface area contributed by atoms with Crippen molar-refractivity contribution in [3.8, 4) is 11.5 Å². The Morgan fingerprint density at radius 2 is 1.05 bits per heavy atom. The fourth-order valence-corrected chi connectivity index (χ4v) is 2.90. The lowest BCUT2D eigenvalue weighted by Crippen LogP contribution is -2.30. The van der Waals surface area contributed by atoms with Gasteiger partial charge in [0.2, 0.25) is 0 Å². The molecule has 0 aromatic heterocycles. The van der Waals surface area contributed by atoms with E-state index in [1.54, 1.807) is 50.2 Å². The molecule has 0 aliphatic carbocycles. The van der Waals surface area contributed by atoms with Crippen LogP contribution in [0.4, 0.5) is 9.59 Å². The number of benzene rings is 2. The Morgan fingerprint density at radius 1 is 0.625 bits per heavy atom. The van der Waals surface area contributed by atoms with E-state index >= 15 is 0 Å². The Morgan fingerprint density at radius 3 is 1.45 bits per heavy atom. The van der Waals surface area contributed by atoms with E-state index in [4.69, 9.17) is 28.4 Å². The van der Waals surface area contributed by atoms with Crippen molar-refractivity contribution >= 4 is 34.9 Å². The van der Waals surface area contributed by atoms with Gasteiger partial charge < -0.3 is 39.1 Å². The van der Waals surface area contributed by atoms with E-state index in [1.165, 1.54) is 0 Å². The lowest BCUT2D eigenvalue weighted by Gasteiger charge is -2.10. The first-order valence-corrected chi connectivity index (χ1v) is 12.4. The van der Waals surface area contributed by atoms with Crippen LogP contribution in [-0.2, 0) is 28.5 Å². The van der Waals surface area contributed by atoms with Gasteiger partial charge in [0.25, 0.3) is 0 Å². The summed E-state index contributed by atoms with van der Waals surface area (Å²) in [5.74, 6) is -0.376. The molecule has 40 heavy (non-hydrogen) atoms. The first-order chi connectivity index (χ1) is 19.2. The van der Waals surface area contributed by atoms with Crippen LogP contribution < -0.4 is 20.1 Å². The summed E-state index contributed by atoms with van der Waals surface area (Å²) in [6.45, 7) is 11.4. The van der Waals surface area contributed by atoms with E-state index in [0.717, 1.165) is 5.39 Å². The molecule has 2 rings (SSSR count). The van der Waals surface area contributed by atoms with Gasteiger partial charge in [-0.3, -0.25) is 0 Å². The SMILES string of the molecule is C=C(C)C(=O)OCCOCCNC(=O)Oc1ccc2ccc(OC(=O)NCCOCCOC(=O)C(=C)C)cc2c1. The second-order valence-electron chi connectivity index (χ2n) is 8.36. The van der Waals surface area contributed by atoms with Gasteiger partial charge in [-0.05, 0) is 48.9 Å². The maximum absolute atomic E-state index is 12.1. The van der Waals surface area contributed by atoms with Crippen LogP contribution in [0.15, 0.2) is 60.7 Å². The highest BCUT2D eigenvalue weighted by atomic mass is 16.6. The number of nitrogens with one attached hydrogen (secondary N) is 2. The summed E-state index contributed by atoms with van der Waals surface area (Å²) in [5, 5.41) is 6.66. The molecule has 12 nitrogen and oxygen atoms in total. The molecule has 2 N–H and O–H groups in total. The van der Waals surface area contributed by atoms with Crippen LogP contribution in [0.5, 0.6) is 11.5 Å². The Kier molecular flexibility index (Phi) is 13.7. The van der Waals surface area contributed by atoms with Crippen LogP contribution >= 0.6 is 0 Å². The summed E-state index contributed by atoms with van der Waals surface area (Å²) in [5.41, 5.74) is 0.617. The van der Waals surface area contributed by atoms with Gasteiger partial charge in [-0.25, -0.2) is 19.2 Å². The molecule has 0 unspecified atom stereocenters. The van der Waals surface area contributed by atoms with Crippen molar-refractivity contribution in [2.24, 2.45) is 0 Å². The normalized spacial score (nSPS) is 10.3. The van der Waals surface area contributed by atoms with E-state index in [0.29, 0.717) is 28.0 Å². The zero-order chi connectivity index (χ0) is 29.3. The third kappa shape index (κ3) is 12.4. The van der Waals surface area contributed by atoms with E-state index < -0.39 is 24.1 Å². The largest absolute Gasteiger partial charge is 0.460 e. The molecule has 0 saturated heterocycles. The van der Waals surface area contributed by atoms with Crippen molar-refractivity contribution in [2.75, 3.05) is 52.7 Å². The second-order valence-corrected chi connectivity index (χ2v) is 8.36. The molecule has 2 aromatic carbocycles. The van der Waals surface area contributed by atoms with Crippen LogP contribution in [0.25, 0.3) is 10.8 Å². The quantitative estimate of drug-likeness (QED) is 0.179. The zero-order valence-electron chi connectivity index (χ0n) is 22.6. The van der Waals surface area contributed by atoms with Crippen molar-refractivity contribution in [3.63, 3.8) is 0 Å². The Hall–Kier alpha value is -4.42. The number of esters is 2. The molecule has 12 heteroatoms. The minimum atomic E-state index is -0.667. The second kappa shape index (κ2) is 17.2. The third-order valence-electron chi connectivity index (χ3n) is 4.85. The average molecular weight is 559 g/mol. The third-order valence-corrected chi connectivity index (χ3v) is 4.85. The molecular weight excluding hydrogens is 524 g/mol. The summed E-state index contributed by atoms with van der Waals surface area (Å²) < 4.78 is 30.9. The first kappa shape index (κ1) is 31.8. The van der Waals surface area contributed by atoms with Gasteiger partial charge in [0.1, 0.15) is 24.7 Å². The van der Waals surface area contributed by atoms with Crippen LogP contribution in [0.1, 0.15) is 13.8 Å². The highest BCUT2D eigenvalue weighted by Crippen LogP contribution is 2.25. The van der Waals surface area contributed by atoms with E-state index in [1.807, 2.05) is 0 Å². The summed E-state index contributed by atoms with van der Waals surface area (Å²) in [6, 6.07) is 10.1. The van der Waals surface area contributed by atoms with Gasteiger partial charge in [0, 0.05) is 24.2 Å². The molecular formula is C28H34N2O10.